The molecule has 3 fully saturated rings. The van der Waals surface area contributed by atoms with Gasteiger partial charge in [-0.15, -0.1) is 0 Å². The molecule has 0 aromatic heterocycles. The van der Waals surface area contributed by atoms with Crippen LogP contribution in [0.25, 0.3) is 0 Å². The zero-order chi connectivity index (χ0) is 23.7. The number of carbonyl (C=O) groups is 3. The number of amides is 1. The molecule has 1 spiro atoms. The Bertz CT molecular complexity index is 995. The number of rotatable bonds is 5. The average Bonchev–Trinajstić information content (AvgIpc) is 3.13. The molecular weight excluding hydrogens is 420 g/mol. The Labute approximate surface area is 195 Å². The Morgan fingerprint density at radius 3 is 2.48 bits per heavy atom. The van der Waals surface area contributed by atoms with Crippen LogP contribution in [0.4, 0.5) is 5.69 Å². The highest BCUT2D eigenvalue weighted by molar-refractivity contribution is 5.77. The second kappa shape index (κ2) is 7.74. The number of hydrogen-bond donors (Lipinski definition) is 0. The summed E-state index contributed by atoms with van der Waals surface area (Å²) in [5, 5.41) is 0. The summed E-state index contributed by atoms with van der Waals surface area (Å²) in [6, 6.07) is 8.50. The van der Waals surface area contributed by atoms with Crippen LogP contribution in [0.15, 0.2) is 24.3 Å². The van der Waals surface area contributed by atoms with Crippen LogP contribution in [0.3, 0.4) is 0 Å². The molecule has 7 heteroatoms. The van der Waals surface area contributed by atoms with E-state index in [1.807, 2.05) is 6.07 Å². The van der Waals surface area contributed by atoms with Gasteiger partial charge in [0, 0.05) is 45.5 Å². The van der Waals surface area contributed by atoms with Gasteiger partial charge < -0.3 is 19.3 Å². The smallest absolute Gasteiger partial charge is 0.302 e. The van der Waals surface area contributed by atoms with Crippen molar-refractivity contribution < 1.29 is 23.9 Å². The number of likely N-dealkylation sites (N-methyl/N-ethyl adjacent to an activating group) is 1. The van der Waals surface area contributed by atoms with Gasteiger partial charge in [0.2, 0.25) is 5.91 Å². The largest absolute Gasteiger partial charge is 0.466 e. The van der Waals surface area contributed by atoms with E-state index in [9.17, 15) is 14.4 Å². The molecule has 8 atom stereocenters. The van der Waals surface area contributed by atoms with E-state index in [0.717, 1.165) is 19.3 Å². The number of nitrogens with zero attached hydrogens (tertiary/aromatic N) is 2. The van der Waals surface area contributed by atoms with Crippen LogP contribution in [-0.4, -0.2) is 60.6 Å². The van der Waals surface area contributed by atoms with Crippen LogP contribution >= 0.6 is 0 Å². The lowest BCUT2D eigenvalue weighted by atomic mass is 9.67. The average molecular weight is 455 g/mol. The fourth-order valence-corrected chi connectivity index (χ4v) is 8.10. The lowest BCUT2D eigenvalue weighted by molar-refractivity contribution is -0.154. The van der Waals surface area contributed by atoms with Crippen molar-refractivity contribution in [2.75, 3.05) is 18.6 Å². The molecule has 3 aliphatic heterocycles. The number of piperidine rings is 2. The quantitative estimate of drug-likeness (QED) is 0.637. The van der Waals surface area contributed by atoms with Gasteiger partial charge in [-0.05, 0) is 42.7 Å². The number of para-hydroxylation sites is 1. The van der Waals surface area contributed by atoms with Gasteiger partial charge in [-0.1, -0.05) is 25.1 Å². The number of ether oxygens (including phenoxy) is 2. The van der Waals surface area contributed by atoms with E-state index in [2.05, 4.69) is 42.0 Å². The first kappa shape index (κ1) is 22.2. The fourth-order valence-electron chi connectivity index (χ4n) is 8.10. The van der Waals surface area contributed by atoms with E-state index >= 15 is 0 Å². The van der Waals surface area contributed by atoms with E-state index < -0.39 is 0 Å². The molecule has 0 radical (unpaired) electrons. The van der Waals surface area contributed by atoms with Crippen LogP contribution in [-0.2, 0) is 29.3 Å². The summed E-state index contributed by atoms with van der Waals surface area (Å²) in [4.78, 5) is 41.4. The molecule has 5 rings (SSSR count). The highest BCUT2D eigenvalue weighted by Crippen LogP contribution is 2.67. The number of benzene rings is 1. The number of anilines is 1. The Morgan fingerprint density at radius 1 is 1.12 bits per heavy atom. The van der Waals surface area contributed by atoms with Crippen molar-refractivity contribution >= 4 is 23.5 Å². The topological polar surface area (TPSA) is 76.2 Å². The Kier molecular flexibility index (Phi) is 5.22. The van der Waals surface area contributed by atoms with E-state index in [1.165, 1.54) is 25.1 Å². The minimum absolute atomic E-state index is 0.0118. The first-order chi connectivity index (χ1) is 15.7. The molecule has 1 aromatic carbocycles. The predicted molar refractivity (Wildman–Crippen MR) is 123 cm³/mol. The van der Waals surface area contributed by atoms with Crippen LogP contribution in [0.2, 0.25) is 0 Å². The highest BCUT2D eigenvalue weighted by atomic mass is 16.5. The van der Waals surface area contributed by atoms with Gasteiger partial charge in [-0.2, -0.15) is 0 Å². The Hall–Kier alpha value is -2.57. The zero-order valence-electron chi connectivity index (χ0n) is 20.1. The summed E-state index contributed by atoms with van der Waals surface area (Å²) in [6.07, 6.45) is 2.16. The molecule has 3 heterocycles. The van der Waals surface area contributed by atoms with Crippen LogP contribution < -0.4 is 4.90 Å². The summed E-state index contributed by atoms with van der Waals surface area (Å²) in [7, 11) is 2.11. The lowest BCUT2D eigenvalue weighted by Crippen LogP contribution is -2.66. The van der Waals surface area contributed by atoms with Crippen molar-refractivity contribution in [1.29, 1.82) is 0 Å². The summed E-state index contributed by atoms with van der Waals surface area (Å²) < 4.78 is 11.7. The molecule has 2 saturated heterocycles. The Morgan fingerprint density at radius 2 is 1.85 bits per heavy atom. The second-order valence-corrected chi connectivity index (χ2v) is 10.4. The van der Waals surface area contributed by atoms with Crippen molar-refractivity contribution in [2.24, 2.45) is 17.8 Å². The molecule has 4 aliphatic rings. The van der Waals surface area contributed by atoms with Gasteiger partial charge in [-0.25, -0.2) is 0 Å². The van der Waals surface area contributed by atoms with Crippen molar-refractivity contribution in [2.45, 2.75) is 76.6 Å². The van der Waals surface area contributed by atoms with E-state index in [0.29, 0.717) is 6.61 Å². The molecule has 33 heavy (non-hydrogen) atoms. The van der Waals surface area contributed by atoms with E-state index in [1.54, 1.807) is 6.92 Å². The summed E-state index contributed by atoms with van der Waals surface area (Å²) >= 11 is 0. The van der Waals surface area contributed by atoms with Crippen LogP contribution in [0.5, 0.6) is 0 Å². The third-order valence-electron chi connectivity index (χ3n) is 8.95. The standard InChI is InChI=1S/C26H34N2O5/c1-6-17(13-32-15(3)30)18-11-21-24-26(19-9-7-8-10-20(19)27(24)5)12-22(28(21)14(2)29)23(18)25(26)33-16(4)31/h7-10,17-18,21-25H,6,11-13H2,1-5H3/t17?,18?,21?,22?,23-,24?,25-,26-/m0/s1. The molecule has 1 amide bonds. The van der Waals surface area contributed by atoms with Gasteiger partial charge in [0.25, 0.3) is 0 Å². The van der Waals surface area contributed by atoms with Gasteiger partial charge in [0.05, 0.1) is 24.1 Å². The first-order valence-corrected chi connectivity index (χ1v) is 12.1. The van der Waals surface area contributed by atoms with Gasteiger partial charge in [0.1, 0.15) is 6.10 Å². The van der Waals surface area contributed by atoms with Crippen molar-refractivity contribution in [3.63, 3.8) is 0 Å². The minimum atomic E-state index is -0.336. The van der Waals surface area contributed by atoms with E-state index in [4.69, 9.17) is 9.47 Å². The summed E-state index contributed by atoms with van der Waals surface area (Å²) in [5.41, 5.74) is 2.07. The second-order valence-electron chi connectivity index (χ2n) is 10.4. The molecule has 7 nitrogen and oxygen atoms in total. The van der Waals surface area contributed by atoms with Gasteiger partial charge >= 0.3 is 11.9 Å². The minimum Gasteiger partial charge on any atom is -0.466 e. The predicted octanol–water partition coefficient (Wildman–Crippen LogP) is 2.90. The maximum absolute atomic E-state index is 13.0. The monoisotopic (exact) mass is 454 g/mol. The third-order valence-corrected chi connectivity index (χ3v) is 8.95. The number of esters is 2. The van der Waals surface area contributed by atoms with E-state index in [-0.39, 0.29) is 65.2 Å². The number of fused-ring (bicyclic) bond motifs is 3. The van der Waals surface area contributed by atoms with Crippen LogP contribution in [0, 0.1) is 17.8 Å². The maximum Gasteiger partial charge on any atom is 0.302 e. The van der Waals surface area contributed by atoms with Crippen molar-refractivity contribution in [3.8, 4) is 0 Å². The molecule has 1 aliphatic carbocycles. The molecule has 1 aromatic rings. The first-order valence-electron chi connectivity index (χ1n) is 12.1. The molecular formula is C26H34N2O5. The number of carbonyl (C=O) groups excluding carboxylic acids is 3. The molecule has 3 bridgehead atoms. The van der Waals surface area contributed by atoms with Crippen LogP contribution in [0.1, 0.15) is 52.5 Å². The normalized spacial score (nSPS) is 36.3. The zero-order valence-corrected chi connectivity index (χ0v) is 20.1. The lowest BCUT2D eigenvalue weighted by Gasteiger charge is -2.54. The molecule has 0 N–H and O–H groups in total. The Balaban J connectivity index is 1.67. The molecule has 1 saturated carbocycles. The number of hydrogen-bond acceptors (Lipinski definition) is 6. The maximum atomic E-state index is 13.0. The fraction of sp³-hybridized carbons (Fsp3) is 0.654. The van der Waals surface area contributed by atoms with Gasteiger partial charge in [-0.3, -0.25) is 14.4 Å². The van der Waals surface area contributed by atoms with Crippen molar-refractivity contribution in [1.82, 2.24) is 4.90 Å². The summed E-state index contributed by atoms with van der Waals surface area (Å²) in [6.45, 7) is 7.08. The molecule has 178 valence electrons. The SMILES string of the molecule is CCC(COC(C)=O)C1CC2C3N(C)c4ccccc4[C@@]34CC([C@H]1[C@@H]4OC(C)=O)N2C(C)=O. The third kappa shape index (κ3) is 2.96. The summed E-state index contributed by atoms with van der Waals surface area (Å²) in [5.74, 6) is -0.0951. The van der Waals surface area contributed by atoms with Crippen molar-refractivity contribution in [3.05, 3.63) is 29.8 Å². The molecule has 5 unspecified atom stereocenters. The highest BCUT2D eigenvalue weighted by Gasteiger charge is 2.75. The van der Waals surface area contributed by atoms with Gasteiger partial charge in [0.15, 0.2) is 0 Å².